The Morgan fingerprint density at radius 3 is 2.56 bits per heavy atom. The molecule has 0 atom stereocenters. The van der Waals surface area contributed by atoms with Gasteiger partial charge in [0.05, 0.1) is 10.9 Å². The van der Waals surface area contributed by atoms with E-state index in [1.54, 1.807) is 37.4 Å². The number of ketones is 1. The van der Waals surface area contributed by atoms with E-state index in [0.29, 0.717) is 34.7 Å². The van der Waals surface area contributed by atoms with E-state index in [2.05, 4.69) is 10.2 Å². The van der Waals surface area contributed by atoms with Gasteiger partial charge < -0.3 is 4.74 Å². The van der Waals surface area contributed by atoms with Crippen molar-refractivity contribution in [1.82, 2.24) is 19.2 Å². The summed E-state index contributed by atoms with van der Waals surface area (Å²) in [5, 5.41) is 8.93. The van der Waals surface area contributed by atoms with Crippen molar-refractivity contribution in [2.24, 2.45) is 7.05 Å². The zero-order valence-corrected chi connectivity index (χ0v) is 15.0. The fourth-order valence-corrected chi connectivity index (χ4v) is 3.07. The monoisotopic (exact) mass is 362 g/mol. The molecule has 2 aromatic heterocycles. The van der Waals surface area contributed by atoms with Gasteiger partial charge in [-0.1, -0.05) is 19.1 Å². The first-order chi connectivity index (χ1) is 13.1. The first-order valence-electron chi connectivity index (χ1n) is 8.68. The van der Waals surface area contributed by atoms with E-state index in [4.69, 9.17) is 4.74 Å². The van der Waals surface area contributed by atoms with Crippen LogP contribution in [0.1, 0.15) is 29.5 Å². The maximum atomic E-state index is 12.5. The summed E-state index contributed by atoms with van der Waals surface area (Å²) in [5.74, 6) is 1.78. The van der Waals surface area contributed by atoms with Gasteiger partial charge in [0.15, 0.2) is 11.6 Å². The second-order valence-electron chi connectivity index (χ2n) is 6.22. The van der Waals surface area contributed by atoms with Crippen molar-refractivity contribution in [2.75, 3.05) is 0 Å². The van der Waals surface area contributed by atoms with Crippen LogP contribution < -0.4 is 10.3 Å². The number of aromatic nitrogens is 4. The summed E-state index contributed by atoms with van der Waals surface area (Å²) < 4.78 is 9.13. The highest BCUT2D eigenvalue weighted by atomic mass is 16.5. The maximum Gasteiger partial charge on any atom is 0.262 e. The zero-order valence-electron chi connectivity index (χ0n) is 15.0. The van der Waals surface area contributed by atoms with E-state index in [0.717, 1.165) is 5.52 Å². The number of hydrogen-bond donors (Lipinski definition) is 0. The third kappa shape index (κ3) is 2.87. The Labute approximate surface area is 154 Å². The van der Waals surface area contributed by atoms with Crippen molar-refractivity contribution in [3.63, 3.8) is 0 Å². The van der Waals surface area contributed by atoms with E-state index in [1.165, 1.54) is 4.57 Å². The zero-order chi connectivity index (χ0) is 19.0. The second-order valence-corrected chi connectivity index (χ2v) is 6.22. The first kappa shape index (κ1) is 17.0. The number of nitrogens with zero attached hydrogens (tertiary/aromatic N) is 4. The van der Waals surface area contributed by atoms with E-state index in [9.17, 15) is 9.59 Å². The Bertz CT molecular complexity index is 1210. The number of rotatable bonds is 5. The molecule has 0 aliphatic rings. The van der Waals surface area contributed by atoms with E-state index in [1.807, 2.05) is 29.5 Å². The van der Waals surface area contributed by atoms with Crippen molar-refractivity contribution in [3.05, 3.63) is 70.3 Å². The molecule has 0 saturated heterocycles. The normalized spacial score (nSPS) is 11.2. The summed E-state index contributed by atoms with van der Waals surface area (Å²) in [6.45, 7) is 2.02. The van der Waals surface area contributed by atoms with Crippen LogP contribution in [0.4, 0.5) is 0 Å². The average molecular weight is 362 g/mol. The van der Waals surface area contributed by atoms with Gasteiger partial charge in [-0.3, -0.25) is 18.6 Å². The molecule has 2 heterocycles. The summed E-state index contributed by atoms with van der Waals surface area (Å²) in [7, 11) is 1.67. The number of benzene rings is 2. The number of hydrogen-bond acceptors (Lipinski definition) is 5. The van der Waals surface area contributed by atoms with Gasteiger partial charge in [-0.25, -0.2) is 0 Å². The van der Waals surface area contributed by atoms with Crippen LogP contribution in [0.5, 0.6) is 5.75 Å². The lowest BCUT2D eigenvalue weighted by molar-refractivity contribution is 0.0988. The van der Waals surface area contributed by atoms with Crippen LogP contribution in [-0.2, 0) is 13.7 Å². The second kappa shape index (κ2) is 6.68. The van der Waals surface area contributed by atoms with Crippen LogP contribution in [0.15, 0.2) is 53.3 Å². The lowest BCUT2D eigenvalue weighted by atomic mass is 10.1. The lowest BCUT2D eigenvalue weighted by Crippen LogP contribution is -2.20. The molecule has 0 bridgehead atoms. The highest BCUT2D eigenvalue weighted by Crippen LogP contribution is 2.17. The average Bonchev–Trinajstić information content (AvgIpc) is 3.14. The van der Waals surface area contributed by atoms with Crippen LogP contribution in [0.25, 0.3) is 16.7 Å². The van der Waals surface area contributed by atoms with E-state index >= 15 is 0 Å². The molecule has 7 heteroatoms. The molecule has 2 aromatic carbocycles. The minimum atomic E-state index is -0.117. The molecule has 0 aliphatic heterocycles. The molecule has 0 saturated carbocycles. The Morgan fingerprint density at radius 2 is 1.81 bits per heavy atom. The first-order valence-corrected chi connectivity index (χ1v) is 8.68. The highest BCUT2D eigenvalue weighted by Gasteiger charge is 2.14. The number of fused-ring (bicyclic) bond motifs is 3. The van der Waals surface area contributed by atoms with Crippen molar-refractivity contribution in [3.8, 4) is 5.75 Å². The molecule has 27 heavy (non-hydrogen) atoms. The van der Waals surface area contributed by atoms with Gasteiger partial charge in [0.2, 0.25) is 5.78 Å². The maximum absolute atomic E-state index is 12.5. The number of ether oxygens (including phenoxy) is 1. The van der Waals surface area contributed by atoms with Crippen LogP contribution >= 0.6 is 0 Å². The molecule has 136 valence electrons. The Balaban J connectivity index is 1.69. The van der Waals surface area contributed by atoms with Crippen molar-refractivity contribution in [1.29, 1.82) is 0 Å². The van der Waals surface area contributed by atoms with Gasteiger partial charge in [0.1, 0.15) is 12.4 Å². The molecular formula is C20H18N4O3. The number of Topliss-reactive ketones (excluding diaryl/α,β-unsaturated/α-hetero) is 1. The number of carbonyl (C=O) groups is 1. The summed E-state index contributed by atoms with van der Waals surface area (Å²) in [6.07, 6.45) is 0.470. The molecule has 0 amide bonds. The summed E-state index contributed by atoms with van der Waals surface area (Å²) in [4.78, 5) is 24.2. The van der Waals surface area contributed by atoms with E-state index < -0.39 is 0 Å². The van der Waals surface area contributed by atoms with Crippen LogP contribution in [-0.4, -0.2) is 24.9 Å². The number of para-hydroxylation sites is 1. The Morgan fingerprint density at radius 1 is 1.07 bits per heavy atom. The van der Waals surface area contributed by atoms with Crippen LogP contribution in [0.2, 0.25) is 0 Å². The molecule has 0 radical (unpaired) electrons. The molecule has 0 unspecified atom stereocenters. The molecule has 0 N–H and O–H groups in total. The van der Waals surface area contributed by atoms with Crippen LogP contribution in [0, 0.1) is 0 Å². The van der Waals surface area contributed by atoms with Gasteiger partial charge in [-0.15, -0.1) is 10.2 Å². The van der Waals surface area contributed by atoms with Crippen LogP contribution in [0.3, 0.4) is 0 Å². The van der Waals surface area contributed by atoms with Gasteiger partial charge in [0, 0.05) is 19.0 Å². The number of carbonyl (C=O) groups excluding carboxylic acids is 1. The summed E-state index contributed by atoms with van der Waals surface area (Å²) >= 11 is 0. The Kier molecular flexibility index (Phi) is 4.19. The standard InChI is InChI=1S/C20H18N4O3/c1-3-17(25)13-8-10-14(11-9-13)27-12-18-21-22-20-23(2)19(26)15-6-4-5-7-16(15)24(18)20/h4-11H,3,12H2,1-2H3. The molecule has 0 aliphatic carbocycles. The van der Waals surface area contributed by atoms with E-state index in [-0.39, 0.29) is 17.9 Å². The molecule has 4 aromatic rings. The summed E-state index contributed by atoms with van der Waals surface area (Å²) in [5.41, 5.74) is 1.29. The Hall–Kier alpha value is -3.48. The third-order valence-corrected chi connectivity index (χ3v) is 4.56. The quantitative estimate of drug-likeness (QED) is 0.510. The predicted octanol–water partition coefficient (Wildman–Crippen LogP) is 2.75. The minimum absolute atomic E-state index is 0.0948. The molecule has 0 spiro atoms. The fourth-order valence-electron chi connectivity index (χ4n) is 3.07. The predicted molar refractivity (Wildman–Crippen MR) is 101 cm³/mol. The SMILES string of the molecule is CCC(=O)c1ccc(OCc2nnc3n(C)c(=O)c4ccccc4n23)cc1. The largest absolute Gasteiger partial charge is 0.486 e. The lowest BCUT2D eigenvalue weighted by Gasteiger charge is -2.09. The molecular weight excluding hydrogens is 344 g/mol. The fraction of sp³-hybridized carbons (Fsp3) is 0.200. The molecule has 0 fully saturated rings. The van der Waals surface area contributed by atoms with Crippen molar-refractivity contribution >= 4 is 22.5 Å². The number of aryl methyl sites for hydroxylation is 1. The highest BCUT2D eigenvalue weighted by molar-refractivity contribution is 5.95. The topological polar surface area (TPSA) is 78.5 Å². The van der Waals surface area contributed by atoms with Crippen molar-refractivity contribution < 1.29 is 9.53 Å². The van der Waals surface area contributed by atoms with Gasteiger partial charge in [-0.2, -0.15) is 0 Å². The minimum Gasteiger partial charge on any atom is -0.486 e. The van der Waals surface area contributed by atoms with Gasteiger partial charge >= 0.3 is 0 Å². The molecule has 4 rings (SSSR count). The third-order valence-electron chi connectivity index (χ3n) is 4.56. The summed E-state index contributed by atoms with van der Waals surface area (Å²) in [6, 6.07) is 14.4. The van der Waals surface area contributed by atoms with Crippen molar-refractivity contribution in [2.45, 2.75) is 20.0 Å². The molecule has 7 nitrogen and oxygen atoms in total. The van der Waals surface area contributed by atoms with Gasteiger partial charge in [-0.05, 0) is 36.4 Å². The smallest absolute Gasteiger partial charge is 0.262 e. The van der Waals surface area contributed by atoms with Gasteiger partial charge in [0.25, 0.3) is 5.56 Å².